The number of carbonyl (C=O) groups is 1. The zero-order chi connectivity index (χ0) is 13.9. The van der Waals surface area contributed by atoms with Crippen molar-refractivity contribution >= 4 is 11.7 Å². The van der Waals surface area contributed by atoms with Crippen molar-refractivity contribution in [2.45, 2.75) is 12.2 Å². The molecule has 1 rings (SSSR count). The van der Waals surface area contributed by atoms with Crippen LogP contribution in [0.5, 0.6) is 0 Å². The fourth-order valence-corrected chi connectivity index (χ4v) is 1.39. The molecule has 0 aliphatic heterocycles. The van der Waals surface area contributed by atoms with Crippen LogP contribution >= 0.6 is 0 Å². The van der Waals surface area contributed by atoms with Crippen molar-refractivity contribution < 1.29 is 30.1 Å². The minimum atomic E-state index is -1.67. The monoisotopic (exact) mass is 257 g/mol. The van der Waals surface area contributed by atoms with Gasteiger partial charge in [-0.05, 0) is 12.1 Å². The Bertz CT molecular complexity index is 473. The number of carboxylic acid groups (broad SMARTS) is 1. The molecule has 1 aromatic carbocycles. The third kappa shape index (κ3) is 2.80. The van der Waals surface area contributed by atoms with Gasteiger partial charge in [0.25, 0.3) is 5.69 Å². The van der Waals surface area contributed by atoms with Gasteiger partial charge in [-0.1, -0.05) is 0 Å². The van der Waals surface area contributed by atoms with Gasteiger partial charge in [0.05, 0.1) is 22.7 Å². The van der Waals surface area contributed by atoms with E-state index in [2.05, 4.69) is 0 Å². The fourth-order valence-electron chi connectivity index (χ4n) is 1.39. The Morgan fingerprint density at radius 1 is 1.39 bits per heavy atom. The number of hydrogen-bond acceptors (Lipinski definition) is 6. The largest absolute Gasteiger partial charge is 0.478 e. The van der Waals surface area contributed by atoms with Gasteiger partial charge < -0.3 is 20.4 Å². The van der Waals surface area contributed by atoms with Crippen molar-refractivity contribution in [3.8, 4) is 0 Å². The lowest BCUT2D eigenvalue weighted by molar-refractivity contribution is -0.386. The van der Waals surface area contributed by atoms with Gasteiger partial charge in [0.1, 0.15) is 12.2 Å². The summed E-state index contributed by atoms with van der Waals surface area (Å²) in [6.45, 7) is -0.779. The van der Waals surface area contributed by atoms with Crippen molar-refractivity contribution in [3.05, 3.63) is 39.4 Å². The van der Waals surface area contributed by atoms with Crippen LogP contribution in [0.1, 0.15) is 22.0 Å². The Balaban J connectivity index is 3.27. The van der Waals surface area contributed by atoms with Crippen LogP contribution in [0.3, 0.4) is 0 Å². The Morgan fingerprint density at radius 2 is 2.00 bits per heavy atom. The third-order valence-corrected chi connectivity index (χ3v) is 2.34. The van der Waals surface area contributed by atoms with Crippen LogP contribution < -0.4 is 0 Å². The highest BCUT2D eigenvalue weighted by Crippen LogP contribution is 2.28. The van der Waals surface area contributed by atoms with Gasteiger partial charge in [0.2, 0.25) is 0 Å². The molecule has 1 aromatic rings. The molecule has 8 nitrogen and oxygen atoms in total. The van der Waals surface area contributed by atoms with Crippen LogP contribution in [-0.2, 0) is 0 Å². The number of aromatic carboxylic acids is 1. The van der Waals surface area contributed by atoms with Gasteiger partial charge >= 0.3 is 5.97 Å². The Kier molecular flexibility index (Phi) is 4.32. The van der Waals surface area contributed by atoms with Gasteiger partial charge in [0, 0.05) is 6.07 Å². The molecule has 0 bridgehead atoms. The maximum Gasteiger partial charge on any atom is 0.335 e. The lowest BCUT2D eigenvalue weighted by Crippen LogP contribution is -2.23. The maximum absolute atomic E-state index is 10.8. The number of nitro benzene ring substituents is 1. The van der Waals surface area contributed by atoms with E-state index in [0.717, 1.165) is 18.2 Å². The molecule has 0 heterocycles. The summed E-state index contributed by atoms with van der Waals surface area (Å²) in [6.07, 6.45) is -3.25. The van der Waals surface area contributed by atoms with Gasteiger partial charge in [-0.15, -0.1) is 0 Å². The van der Waals surface area contributed by atoms with Gasteiger partial charge in [-0.25, -0.2) is 4.79 Å². The van der Waals surface area contributed by atoms with E-state index < -0.39 is 35.4 Å². The highest BCUT2D eigenvalue weighted by atomic mass is 16.6. The summed E-state index contributed by atoms with van der Waals surface area (Å²) in [5, 5.41) is 46.9. The number of nitrogens with zero attached hydrogens (tertiary/aromatic N) is 1. The normalized spacial score (nSPS) is 13.9. The van der Waals surface area contributed by atoms with E-state index in [1.54, 1.807) is 0 Å². The number of hydrogen-bond donors (Lipinski definition) is 4. The van der Waals surface area contributed by atoms with Crippen molar-refractivity contribution in [3.63, 3.8) is 0 Å². The summed E-state index contributed by atoms with van der Waals surface area (Å²) in [6, 6.07) is 2.88. The zero-order valence-electron chi connectivity index (χ0n) is 9.05. The van der Waals surface area contributed by atoms with Crippen molar-refractivity contribution in [2.24, 2.45) is 0 Å². The molecule has 98 valence electrons. The number of nitro groups is 1. The highest BCUT2D eigenvalue weighted by Gasteiger charge is 2.26. The first kappa shape index (κ1) is 14.0. The first-order valence-corrected chi connectivity index (χ1v) is 4.87. The second-order valence-corrected chi connectivity index (χ2v) is 3.53. The molecule has 0 aliphatic carbocycles. The van der Waals surface area contributed by atoms with Crippen LogP contribution in [0.4, 0.5) is 5.69 Å². The molecule has 2 atom stereocenters. The molecule has 18 heavy (non-hydrogen) atoms. The van der Waals surface area contributed by atoms with Crippen LogP contribution in [0.2, 0.25) is 0 Å². The molecular weight excluding hydrogens is 246 g/mol. The number of aliphatic hydroxyl groups excluding tert-OH is 3. The second kappa shape index (κ2) is 5.54. The molecule has 4 N–H and O–H groups in total. The SMILES string of the molecule is O=C(O)c1ccc(C(O)C(O)CO)c([N+](=O)[O-])c1. The molecule has 2 unspecified atom stereocenters. The van der Waals surface area contributed by atoms with Gasteiger partial charge in [-0.3, -0.25) is 10.1 Å². The first-order chi connectivity index (χ1) is 8.38. The predicted molar refractivity (Wildman–Crippen MR) is 58.1 cm³/mol. The molecule has 0 saturated carbocycles. The second-order valence-electron chi connectivity index (χ2n) is 3.53. The number of rotatable bonds is 5. The minimum absolute atomic E-state index is 0.258. The Morgan fingerprint density at radius 3 is 2.44 bits per heavy atom. The van der Waals surface area contributed by atoms with Gasteiger partial charge in [-0.2, -0.15) is 0 Å². The average molecular weight is 257 g/mol. The van der Waals surface area contributed by atoms with Crippen molar-refractivity contribution in [1.29, 1.82) is 0 Å². The summed E-state index contributed by atoms with van der Waals surface area (Å²) >= 11 is 0. The van der Waals surface area contributed by atoms with Crippen molar-refractivity contribution in [1.82, 2.24) is 0 Å². The summed E-state index contributed by atoms with van der Waals surface area (Å²) in [5.74, 6) is -1.35. The molecular formula is C10H11NO7. The van der Waals surface area contributed by atoms with E-state index in [1.165, 1.54) is 0 Å². The van der Waals surface area contributed by atoms with E-state index in [-0.39, 0.29) is 11.1 Å². The fraction of sp³-hybridized carbons (Fsp3) is 0.300. The summed E-state index contributed by atoms with van der Waals surface area (Å²) in [5.41, 5.74) is -1.20. The van der Waals surface area contributed by atoms with E-state index in [0.29, 0.717) is 0 Å². The first-order valence-electron chi connectivity index (χ1n) is 4.87. The van der Waals surface area contributed by atoms with Crippen molar-refractivity contribution in [2.75, 3.05) is 6.61 Å². The van der Waals surface area contributed by atoms with Crippen LogP contribution in [0.25, 0.3) is 0 Å². The molecule has 0 fully saturated rings. The van der Waals surface area contributed by atoms with Crippen LogP contribution in [0, 0.1) is 10.1 Å². The van der Waals surface area contributed by atoms with Gasteiger partial charge in [0.15, 0.2) is 0 Å². The molecule has 0 aromatic heterocycles. The Hall–Kier alpha value is -2.03. The number of carboxylic acids is 1. The van der Waals surface area contributed by atoms with E-state index in [1.807, 2.05) is 0 Å². The molecule has 0 spiro atoms. The van der Waals surface area contributed by atoms with E-state index >= 15 is 0 Å². The summed E-state index contributed by atoms with van der Waals surface area (Å²) < 4.78 is 0. The minimum Gasteiger partial charge on any atom is -0.478 e. The standard InChI is InChI=1S/C10H11NO7/c12-4-8(13)9(14)6-2-1-5(10(15)16)3-7(6)11(17)18/h1-3,8-9,12-14H,4H2,(H,15,16). The van der Waals surface area contributed by atoms with Crippen LogP contribution in [0.15, 0.2) is 18.2 Å². The smallest absolute Gasteiger partial charge is 0.335 e. The Labute approximate surface area is 101 Å². The van der Waals surface area contributed by atoms with E-state index in [9.17, 15) is 25.1 Å². The summed E-state index contributed by atoms with van der Waals surface area (Å²) in [4.78, 5) is 20.6. The topological polar surface area (TPSA) is 141 Å². The van der Waals surface area contributed by atoms with Crippen LogP contribution in [-0.4, -0.2) is 44.0 Å². The van der Waals surface area contributed by atoms with E-state index in [4.69, 9.17) is 10.2 Å². The lowest BCUT2D eigenvalue weighted by Gasteiger charge is -2.15. The maximum atomic E-state index is 10.8. The predicted octanol–water partition coefficient (Wildman–Crippen LogP) is -0.320. The molecule has 0 saturated heterocycles. The quantitative estimate of drug-likeness (QED) is 0.418. The molecule has 0 radical (unpaired) electrons. The number of benzene rings is 1. The molecule has 0 aliphatic rings. The average Bonchev–Trinajstić information content (AvgIpc) is 2.35. The lowest BCUT2D eigenvalue weighted by atomic mass is 10.0. The molecule has 8 heteroatoms. The zero-order valence-corrected chi connectivity index (χ0v) is 9.05. The third-order valence-electron chi connectivity index (χ3n) is 2.34. The molecule has 0 amide bonds. The highest BCUT2D eigenvalue weighted by molar-refractivity contribution is 5.88. The summed E-state index contributed by atoms with van der Waals surface area (Å²) in [7, 11) is 0. The number of aliphatic hydroxyl groups is 3.